The first-order valence-corrected chi connectivity index (χ1v) is 10.6. The van der Waals surface area contributed by atoms with E-state index in [4.69, 9.17) is 4.98 Å². The number of nitrogens with zero attached hydrogens (tertiary/aromatic N) is 1. The summed E-state index contributed by atoms with van der Waals surface area (Å²) in [5, 5.41) is 8.15. The summed E-state index contributed by atoms with van der Waals surface area (Å²) in [7, 11) is 0. The molecule has 3 aliphatic rings. The van der Waals surface area contributed by atoms with Crippen molar-refractivity contribution >= 4 is 52.3 Å². The van der Waals surface area contributed by atoms with Crippen LogP contribution in [0.4, 0.5) is 0 Å². The summed E-state index contributed by atoms with van der Waals surface area (Å²) < 4.78 is 1.21. The molecule has 4 nitrogen and oxygen atoms in total. The topological polar surface area (TPSA) is 54.0 Å². The van der Waals surface area contributed by atoms with Crippen molar-refractivity contribution in [3.8, 4) is 0 Å². The minimum Gasteiger partial charge on any atom is -0.353 e. The van der Waals surface area contributed by atoms with E-state index in [2.05, 4.69) is 41.0 Å². The lowest BCUT2D eigenvalue weighted by Gasteiger charge is -2.32. The lowest BCUT2D eigenvalue weighted by molar-refractivity contribution is -0.126. The van der Waals surface area contributed by atoms with Crippen molar-refractivity contribution in [2.45, 2.75) is 62.6 Å². The molecule has 1 amide bonds. The van der Waals surface area contributed by atoms with Crippen molar-refractivity contribution in [3.05, 3.63) is 41.4 Å². The van der Waals surface area contributed by atoms with E-state index < -0.39 is 0 Å². The van der Waals surface area contributed by atoms with E-state index in [9.17, 15) is 4.79 Å². The average Bonchev–Trinajstić information content (AvgIpc) is 3.24. The van der Waals surface area contributed by atoms with Gasteiger partial charge in [0.05, 0.1) is 21.1 Å². The molecule has 152 valence electrons. The van der Waals surface area contributed by atoms with Crippen LogP contribution >= 0.6 is 36.2 Å². The standard InChI is InChI=1S/C21H25N3OS.2ClH/c25-20(23-15-11-13-9-10-14(12-15)22-13)16-5-1-2-6-17(16)21-24-18-7-3-4-8-19(18)26-21;;/h1-4,7-8,13-17,22H,5-6,9-12H2,(H,23,25);2*1H. The number of fused-ring (bicyclic) bond motifs is 3. The van der Waals surface area contributed by atoms with E-state index in [0.29, 0.717) is 18.1 Å². The van der Waals surface area contributed by atoms with E-state index in [0.717, 1.165) is 36.2 Å². The lowest BCUT2D eigenvalue weighted by atomic mass is 9.82. The molecule has 2 bridgehead atoms. The fraction of sp³-hybridized carbons (Fsp3) is 0.524. The third kappa shape index (κ3) is 4.23. The van der Waals surface area contributed by atoms with Gasteiger partial charge in [0, 0.05) is 24.0 Å². The second kappa shape index (κ2) is 9.12. The maximum atomic E-state index is 13.1. The number of hydrogen-bond acceptors (Lipinski definition) is 4. The largest absolute Gasteiger partial charge is 0.353 e. The van der Waals surface area contributed by atoms with E-state index in [-0.39, 0.29) is 42.6 Å². The Balaban J connectivity index is 0.00000112. The second-order valence-electron chi connectivity index (χ2n) is 7.99. The van der Waals surface area contributed by atoms with Crippen LogP contribution < -0.4 is 10.6 Å². The Hall–Kier alpha value is -1.14. The molecule has 2 aliphatic heterocycles. The number of benzene rings is 1. The Labute approximate surface area is 182 Å². The van der Waals surface area contributed by atoms with Crippen molar-refractivity contribution in [3.63, 3.8) is 0 Å². The van der Waals surface area contributed by atoms with Gasteiger partial charge < -0.3 is 10.6 Å². The first-order valence-electron chi connectivity index (χ1n) is 9.83. The molecule has 0 radical (unpaired) electrons. The summed E-state index contributed by atoms with van der Waals surface area (Å²) in [6.45, 7) is 0. The first kappa shape index (κ1) is 21.6. The second-order valence-corrected chi connectivity index (χ2v) is 9.05. The highest BCUT2D eigenvalue weighted by Crippen LogP contribution is 2.39. The van der Waals surface area contributed by atoms with Gasteiger partial charge in [0.25, 0.3) is 0 Å². The van der Waals surface area contributed by atoms with Gasteiger partial charge in [-0.15, -0.1) is 36.2 Å². The predicted molar refractivity (Wildman–Crippen MR) is 120 cm³/mol. The van der Waals surface area contributed by atoms with Gasteiger partial charge in [-0.2, -0.15) is 0 Å². The monoisotopic (exact) mass is 439 g/mol. The number of aromatic nitrogens is 1. The molecule has 1 aromatic heterocycles. The van der Waals surface area contributed by atoms with Crippen LogP contribution in [0.2, 0.25) is 0 Å². The van der Waals surface area contributed by atoms with E-state index >= 15 is 0 Å². The number of carbonyl (C=O) groups is 1. The fourth-order valence-corrected chi connectivity index (χ4v) is 6.05. The molecule has 0 spiro atoms. The normalized spacial score (nSPS) is 31.1. The molecule has 1 aromatic carbocycles. The number of thiazole rings is 1. The summed E-state index contributed by atoms with van der Waals surface area (Å²) in [4.78, 5) is 18.0. The number of halogens is 2. The molecule has 0 saturated carbocycles. The Morgan fingerprint density at radius 1 is 1.07 bits per heavy atom. The van der Waals surface area contributed by atoms with Crippen molar-refractivity contribution in [2.24, 2.45) is 5.92 Å². The maximum absolute atomic E-state index is 13.1. The molecule has 2 saturated heterocycles. The number of allylic oxidation sites excluding steroid dienone is 2. The summed E-state index contributed by atoms with van der Waals surface area (Å²) in [6, 6.07) is 9.81. The zero-order valence-electron chi connectivity index (χ0n) is 15.7. The highest BCUT2D eigenvalue weighted by molar-refractivity contribution is 7.18. The Kier molecular flexibility index (Phi) is 7.02. The number of nitrogens with one attached hydrogen (secondary N) is 2. The minimum absolute atomic E-state index is 0. The van der Waals surface area contributed by atoms with Gasteiger partial charge >= 0.3 is 0 Å². The highest BCUT2D eigenvalue weighted by atomic mass is 35.5. The minimum atomic E-state index is 0. The summed E-state index contributed by atoms with van der Waals surface area (Å²) >= 11 is 1.75. The van der Waals surface area contributed by atoms with Crippen LogP contribution in [0.5, 0.6) is 0 Å². The Bertz CT molecular complexity index is 810. The van der Waals surface area contributed by atoms with Crippen molar-refractivity contribution < 1.29 is 4.79 Å². The molecule has 5 rings (SSSR count). The summed E-state index contributed by atoms with van der Waals surface area (Å²) in [5.74, 6) is 0.439. The van der Waals surface area contributed by atoms with Crippen molar-refractivity contribution in [2.75, 3.05) is 0 Å². The SMILES string of the molecule is Cl.Cl.O=C(NC1CC2CCC(C1)N2)C1CC=CCC1c1nc2ccccc2s1. The van der Waals surface area contributed by atoms with Gasteiger partial charge in [0.15, 0.2) is 0 Å². The Morgan fingerprint density at radius 2 is 1.79 bits per heavy atom. The number of para-hydroxylation sites is 1. The van der Waals surface area contributed by atoms with Gasteiger partial charge in [-0.1, -0.05) is 24.3 Å². The van der Waals surface area contributed by atoms with Crippen molar-refractivity contribution in [1.82, 2.24) is 15.6 Å². The zero-order valence-corrected chi connectivity index (χ0v) is 18.1. The molecule has 1 aliphatic carbocycles. The number of amides is 1. The van der Waals surface area contributed by atoms with E-state index in [1.165, 1.54) is 17.5 Å². The Morgan fingerprint density at radius 3 is 2.54 bits per heavy atom. The lowest BCUT2D eigenvalue weighted by Crippen LogP contribution is -2.50. The molecule has 2 N–H and O–H groups in total. The molecular weight excluding hydrogens is 413 g/mol. The molecule has 3 heterocycles. The molecule has 4 atom stereocenters. The molecule has 28 heavy (non-hydrogen) atoms. The van der Waals surface area contributed by atoms with Gasteiger partial charge in [-0.3, -0.25) is 4.79 Å². The number of hydrogen-bond donors (Lipinski definition) is 2. The number of rotatable bonds is 3. The predicted octanol–water partition coefficient (Wildman–Crippen LogP) is 4.59. The van der Waals surface area contributed by atoms with E-state index in [1.807, 2.05) is 6.07 Å². The molecule has 4 unspecified atom stereocenters. The number of piperidine rings is 1. The molecular formula is C21H27Cl2N3OS. The molecule has 2 aromatic rings. The molecule has 2 fully saturated rings. The number of carbonyl (C=O) groups excluding carboxylic acids is 1. The van der Waals surface area contributed by atoms with Crippen LogP contribution in [0.25, 0.3) is 10.2 Å². The van der Waals surface area contributed by atoms with Gasteiger partial charge in [-0.25, -0.2) is 4.98 Å². The maximum Gasteiger partial charge on any atom is 0.224 e. The summed E-state index contributed by atoms with van der Waals surface area (Å²) in [5.41, 5.74) is 1.05. The quantitative estimate of drug-likeness (QED) is 0.687. The summed E-state index contributed by atoms with van der Waals surface area (Å²) in [6.07, 6.45) is 10.8. The van der Waals surface area contributed by atoms with Crippen LogP contribution in [-0.4, -0.2) is 29.0 Å². The highest BCUT2D eigenvalue weighted by Gasteiger charge is 2.37. The smallest absolute Gasteiger partial charge is 0.224 e. The fourth-order valence-electron chi connectivity index (χ4n) is 4.91. The van der Waals surface area contributed by atoms with Gasteiger partial charge in [-0.05, 0) is 50.7 Å². The van der Waals surface area contributed by atoms with Crippen LogP contribution in [0.15, 0.2) is 36.4 Å². The third-order valence-electron chi connectivity index (χ3n) is 6.22. The molecule has 7 heteroatoms. The van der Waals surface area contributed by atoms with Gasteiger partial charge in [0.2, 0.25) is 5.91 Å². The van der Waals surface area contributed by atoms with Crippen LogP contribution in [-0.2, 0) is 4.79 Å². The average molecular weight is 440 g/mol. The van der Waals surface area contributed by atoms with Gasteiger partial charge in [0.1, 0.15) is 0 Å². The van der Waals surface area contributed by atoms with E-state index in [1.54, 1.807) is 11.3 Å². The van der Waals surface area contributed by atoms with Crippen LogP contribution in [0, 0.1) is 5.92 Å². The zero-order chi connectivity index (χ0) is 17.5. The van der Waals surface area contributed by atoms with Crippen LogP contribution in [0.3, 0.4) is 0 Å². The first-order chi connectivity index (χ1) is 12.8. The van der Waals surface area contributed by atoms with Crippen LogP contribution in [0.1, 0.15) is 49.5 Å². The van der Waals surface area contributed by atoms with Crippen molar-refractivity contribution in [1.29, 1.82) is 0 Å². The third-order valence-corrected chi connectivity index (χ3v) is 7.38.